The van der Waals surface area contributed by atoms with Crippen LogP contribution in [-0.2, 0) is 0 Å². The highest BCUT2D eigenvalue weighted by molar-refractivity contribution is 6.30. The fourth-order valence-corrected chi connectivity index (χ4v) is 2.58. The Bertz CT molecular complexity index is 961. The summed E-state index contributed by atoms with van der Waals surface area (Å²) in [4.78, 5) is 8.92. The lowest BCUT2D eigenvalue weighted by Crippen LogP contribution is -1.94. The summed E-state index contributed by atoms with van der Waals surface area (Å²) in [5.41, 5.74) is 2.36. The fraction of sp³-hybridized carbons (Fsp3) is 0. The molecule has 0 aliphatic carbocycles. The average Bonchev–Trinajstić information content (AvgIpc) is 2.94. The molecule has 6 heteroatoms. The first-order chi connectivity index (χ1) is 10.2. The SMILES string of the molecule is Clc1ccc(-c2nc3c4ccccc4nc(Cl)n3n2)cc1. The molecule has 0 aliphatic rings. The van der Waals surface area contributed by atoms with Crippen LogP contribution in [0.15, 0.2) is 48.5 Å². The maximum Gasteiger partial charge on any atom is 0.226 e. The second-order valence-electron chi connectivity index (χ2n) is 4.58. The minimum atomic E-state index is 0.288. The molecule has 0 N–H and O–H groups in total. The van der Waals surface area contributed by atoms with Crippen molar-refractivity contribution >= 4 is 39.8 Å². The normalized spacial score (nSPS) is 11.3. The van der Waals surface area contributed by atoms with Crippen LogP contribution < -0.4 is 0 Å². The lowest BCUT2D eigenvalue weighted by molar-refractivity contribution is 0.939. The van der Waals surface area contributed by atoms with E-state index in [1.165, 1.54) is 0 Å². The van der Waals surface area contributed by atoms with Crippen molar-refractivity contribution in [1.82, 2.24) is 19.6 Å². The summed E-state index contributed by atoms with van der Waals surface area (Å²) in [6, 6.07) is 15.1. The van der Waals surface area contributed by atoms with Crippen LogP contribution in [0.25, 0.3) is 27.9 Å². The van der Waals surface area contributed by atoms with Gasteiger partial charge in [0, 0.05) is 16.0 Å². The van der Waals surface area contributed by atoms with Crippen molar-refractivity contribution in [1.29, 1.82) is 0 Å². The summed E-state index contributed by atoms with van der Waals surface area (Å²) >= 11 is 12.1. The van der Waals surface area contributed by atoms with Gasteiger partial charge in [0.05, 0.1) is 5.52 Å². The summed E-state index contributed by atoms with van der Waals surface area (Å²) in [5, 5.41) is 6.30. The Morgan fingerprint density at radius 3 is 2.43 bits per heavy atom. The van der Waals surface area contributed by atoms with Gasteiger partial charge in [-0.1, -0.05) is 23.7 Å². The minimum Gasteiger partial charge on any atom is -0.218 e. The molecule has 4 aromatic rings. The van der Waals surface area contributed by atoms with Crippen LogP contribution in [0.3, 0.4) is 0 Å². The van der Waals surface area contributed by atoms with Crippen LogP contribution in [0.1, 0.15) is 0 Å². The van der Waals surface area contributed by atoms with Crippen molar-refractivity contribution in [3.8, 4) is 11.4 Å². The van der Waals surface area contributed by atoms with Crippen molar-refractivity contribution < 1.29 is 0 Å². The number of benzene rings is 2. The molecule has 2 aromatic heterocycles. The van der Waals surface area contributed by atoms with Crippen LogP contribution in [0.5, 0.6) is 0 Å². The highest BCUT2D eigenvalue weighted by Gasteiger charge is 2.12. The Balaban J connectivity index is 2.03. The van der Waals surface area contributed by atoms with Crippen molar-refractivity contribution in [3.63, 3.8) is 0 Å². The Hall–Kier alpha value is -2.17. The van der Waals surface area contributed by atoms with Crippen LogP contribution in [-0.4, -0.2) is 19.6 Å². The van der Waals surface area contributed by atoms with Gasteiger partial charge in [-0.25, -0.2) is 9.97 Å². The topological polar surface area (TPSA) is 43.1 Å². The standard InChI is InChI=1S/C15H8Cl2N4/c16-10-7-5-9(6-8-10)13-19-14-11-3-1-2-4-12(11)18-15(17)21(14)20-13/h1-8H. The van der Waals surface area contributed by atoms with Crippen molar-refractivity contribution in [2.45, 2.75) is 0 Å². The van der Waals surface area contributed by atoms with E-state index < -0.39 is 0 Å². The summed E-state index contributed by atoms with van der Waals surface area (Å²) in [6.07, 6.45) is 0. The highest BCUT2D eigenvalue weighted by atomic mass is 35.5. The Kier molecular flexibility index (Phi) is 2.80. The summed E-state index contributed by atoms with van der Waals surface area (Å²) in [6.45, 7) is 0. The second-order valence-corrected chi connectivity index (χ2v) is 5.35. The van der Waals surface area contributed by atoms with Gasteiger partial charge in [0.15, 0.2) is 11.5 Å². The number of hydrogen-bond acceptors (Lipinski definition) is 3. The van der Waals surface area contributed by atoms with Crippen molar-refractivity contribution in [3.05, 3.63) is 58.8 Å². The van der Waals surface area contributed by atoms with E-state index in [2.05, 4.69) is 15.1 Å². The number of fused-ring (bicyclic) bond motifs is 3. The van der Waals surface area contributed by atoms with Crippen LogP contribution in [0, 0.1) is 0 Å². The number of hydrogen-bond donors (Lipinski definition) is 0. The molecule has 0 radical (unpaired) electrons. The molecule has 4 rings (SSSR count). The molecule has 0 spiro atoms. The number of rotatable bonds is 1. The average molecular weight is 315 g/mol. The van der Waals surface area contributed by atoms with E-state index in [1.54, 1.807) is 16.6 Å². The molecular weight excluding hydrogens is 307 g/mol. The van der Waals surface area contributed by atoms with E-state index in [4.69, 9.17) is 23.2 Å². The van der Waals surface area contributed by atoms with Gasteiger partial charge in [-0.05, 0) is 48.0 Å². The molecule has 0 saturated carbocycles. The number of aromatic nitrogens is 4. The monoisotopic (exact) mass is 314 g/mol. The smallest absolute Gasteiger partial charge is 0.218 e. The van der Waals surface area contributed by atoms with Gasteiger partial charge in [0.2, 0.25) is 5.28 Å². The van der Waals surface area contributed by atoms with Crippen LogP contribution in [0.4, 0.5) is 0 Å². The van der Waals surface area contributed by atoms with Gasteiger partial charge in [-0.2, -0.15) is 4.52 Å². The number of para-hydroxylation sites is 1. The third kappa shape index (κ3) is 2.04. The third-order valence-electron chi connectivity index (χ3n) is 3.24. The van der Waals surface area contributed by atoms with E-state index in [0.29, 0.717) is 16.5 Å². The summed E-state index contributed by atoms with van der Waals surface area (Å²) in [5.74, 6) is 0.590. The molecule has 4 nitrogen and oxygen atoms in total. The molecular formula is C15H8Cl2N4. The maximum atomic E-state index is 6.19. The lowest BCUT2D eigenvalue weighted by Gasteiger charge is -1.99. The Labute approximate surface area is 130 Å². The molecule has 21 heavy (non-hydrogen) atoms. The van der Waals surface area contributed by atoms with Crippen LogP contribution >= 0.6 is 23.2 Å². The fourth-order valence-electron chi connectivity index (χ4n) is 2.24. The largest absolute Gasteiger partial charge is 0.226 e. The van der Waals surface area contributed by atoms with Crippen molar-refractivity contribution in [2.75, 3.05) is 0 Å². The first-order valence-corrected chi connectivity index (χ1v) is 7.05. The van der Waals surface area contributed by atoms with Gasteiger partial charge in [-0.15, -0.1) is 5.10 Å². The molecule has 0 unspecified atom stereocenters. The number of nitrogens with zero attached hydrogens (tertiary/aromatic N) is 4. The van der Waals surface area contributed by atoms with E-state index in [1.807, 2.05) is 36.4 Å². The third-order valence-corrected chi connectivity index (χ3v) is 3.74. The van der Waals surface area contributed by atoms with E-state index >= 15 is 0 Å². The zero-order chi connectivity index (χ0) is 14.4. The molecule has 2 aromatic carbocycles. The van der Waals surface area contributed by atoms with E-state index in [-0.39, 0.29) is 5.28 Å². The first kappa shape index (κ1) is 12.6. The highest BCUT2D eigenvalue weighted by Crippen LogP contribution is 2.24. The van der Waals surface area contributed by atoms with E-state index in [0.717, 1.165) is 16.5 Å². The second kappa shape index (κ2) is 4.69. The predicted molar refractivity (Wildman–Crippen MR) is 83.7 cm³/mol. The molecule has 0 aliphatic heterocycles. The Morgan fingerprint density at radius 1 is 0.857 bits per heavy atom. The molecule has 0 atom stereocenters. The van der Waals surface area contributed by atoms with E-state index in [9.17, 15) is 0 Å². The minimum absolute atomic E-state index is 0.288. The maximum absolute atomic E-state index is 6.19. The molecule has 0 bridgehead atoms. The molecule has 102 valence electrons. The number of halogens is 2. The van der Waals surface area contributed by atoms with Gasteiger partial charge >= 0.3 is 0 Å². The predicted octanol–water partition coefficient (Wildman–Crippen LogP) is 4.25. The summed E-state index contributed by atoms with van der Waals surface area (Å²) < 4.78 is 1.55. The molecule has 0 fully saturated rings. The Morgan fingerprint density at radius 2 is 1.62 bits per heavy atom. The molecule has 2 heterocycles. The quantitative estimate of drug-likeness (QED) is 0.493. The van der Waals surface area contributed by atoms with Gasteiger partial charge in [0.25, 0.3) is 0 Å². The molecule has 0 saturated heterocycles. The zero-order valence-corrected chi connectivity index (χ0v) is 12.2. The molecule has 0 amide bonds. The van der Waals surface area contributed by atoms with Crippen molar-refractivity contribution in [2.24, 2.45) is 0 Å². The lowest BCUT2D eigenvalue weighted by atomic mass is 10.2. The first-order valence-electron chi connectivity index (χ1n) is 6.29. The van der Waals surface area contributed by atoms with Gasteiger partial charge < -0.3 is 0 Å². The van der Waals surface area contributed by atoms with Gasteiger partial charge in [0.1, 0.15) is 0 Å². The van der Waals surface area contributed by atoms with Gasteiger partial charge in [-0.3, -0.25) is 0 Å². The summed E-state index contributed by atoms with van der Waals surface area (Å²) in [7, 11) is 0. The van der Waals surface area contributed by atoms with Crippen LogP contribution in [0.2, 0.25) is 10.3 Å². The zero-order valence-electron chi connectivity index (χ0n) is 10.7.